The second-order valence-electron chi connectivity index (χ2n) is 5.96. The van der Waals surface area contributed by atoms with E-state index in [0.717, 1.165) is 18.5 Å². The summed E-state index contributed by atoms with van der Waals surface area (Å²) in [7, 11) is 0. The van der Waals surface area contributed by atoms with Gasteiger partial charge >= 0.3 is 6.18 Å². The van der Waals surface area contributed by atoms with Crippen LogP contribution < -0.4 is 0 Å². The highest BCUT2D eigenvalue weighted by Crippen LogP contribution is 2.24. The Morgan fingerprint density at radius 2 is 1.74 bits per heavy atom. The predicted molar refractivity (Wildman–Crippen MR) is 71.2 cm³/mol. The Morgan fingerprint density at radius 1 is 1.05 bits per heavy atom. The summed E-state index contributed by atoms with van der Waals surface area (Å²) in [5.41, 5.74) is 2.26. The minimum Gasteiger partial charge on any atom is -0.261 e. The molecule has 1 aromatic rings. The van der Waals surface area contributed by atoms with E-state index in [2.05, 4.69) is 31.8 Å². The van der Waals surface area contributed by atoms with Crippen molar-refractivity contribution in [2.75, 3.05) is 0 Å². The maximum Gasteiger partial charge on any atom is 0.389 e. The van der Waals surface area contributed by atoms with Crippen LogP contribution >= 0.6 is 0 Å². The molecule has 0 aromatic carbocycles. The lowest BCUT2D eigenvalue weighted by atomic mass is 9.87. The number of alkyl halides is 3. The van der Waals surface area contributed by atoms with Crippen molar-refractivity contribution < 1.29 is 13.2 Å². The lowest BCUT2D eigenvalue weighted by molar-refractivity contribution is -0.135. The third-order valence-electron chi connectivity index (χ3n) is 3.08. The Kier molecular flexibility index (Phi) is 5.39. The summed E-state index contributed by atoms with van der Waals surface area (Å²) in [6.45, 7) is 6.40. The number of rotatable bonds is 5. The van der Waals surface area contributed by atoms with E-state index in [-0.39, 0.29) is 11.8 Å². The highest BCUT2D eigenvalue weighted by Gasteiger charge is 2.25. The quantitative estimate of drug-likeness (QED) is 0.684. The van der Waals surface area contributed by atoms with Crippen molar-refractivity contribution in [2.24, 2.45) is 0 Å². The zero-order chi connectivity index (χ0) is 14.5. The first-order valence-electron chi connectivity index (χ1n) is 6.71. The molecule has 0 aliphatic carbocycles. The molecular weight excluding hydrogens is 251 g/mol. The molecule has 0 unspecified atom stereocenters. The third kappa shape index (κ3) is 6.60. The van der Waals surface area contributed by atoms with Crippen molar-refractivity contribution in [3.63, 3.8) is 0 Å². The van der Waals surface area contributed by atoms with Crippen LogP contribution in [0.1, 0.15) is 57.7 Å². The van der Waals surface area contributed by atoms with E-state index < -0.39 is 12.6 Å². The first kappa shape index (κ1) is 16.0. The minimum absolute atomic E-state index is 0.0774. The highest BCUT2D eigenvalue weighted by atomic mass is 19.4. The topological polar surface area (TPSA) is 12.9 Å². The Morgan fingerprint density at radius 3 is 2.32 bits per heavy atom. The van der Waals surface area contributed by atoms with Gasteiger partial charge in [-0.05, 0) is 42.4 Å². The van der Waals surface area contributed by atoms with Gasteiger partial charge in [0.1, 0.15) is 0 Å². The van der Waals surface area contributed by atoms with Crippen LogP contribution in [0.2, 0.25) is 0 Å². The Bertz CT molecular complexity index is 391. The summed E-state index contributed by atoms with van der Waals surface area (Å²) in [6, 6.07) is 4.05. The minimum atomic E-state index is -4.02. The number of unbranched alkanes of at least 4 members (excludes halogenated alkanes) is 2. The molecule has 0 saturated heterocycles. The van der Waals surface area contributed by atoms with Crippen LogP contribution in [0, 0.1) is 0 Å². The molecule has 1 rings (SSSR count). The summed E-state index contributed by atoms with van der Waals surface area (Å²) >= 11 is 0. The smallest absolute Gasteiger partial charge is 0.261 e. The summed E-state index contributed by atoms with van der Waals surface area (Å²) in [5, 5.41) is 0. The summed E-state index contributed by atoms with van der Waals surface area (Å²) in [6.07, 6.45) is -0.597. The predicted octanol–water partition coefficient (Wildman–Crippen LogP) is 5.04. The second kappa shape index (κ2) is 6.40. The average Bonchev–Trinajstić information content (AvgIpc) is 2.26. The van der Waals surface area contributed by atoms with Gasteiger partial charge in [-0.3, -0.25) is 4.98 Å². The standard InChI is InChI=1S/C15H22F3N/c1-14(2,3)12-8-10-19-13(11-12)7-5-4-6-9-15(16,17)18/h8,10-11H,4-7,9H2,1-3H3. The van der Waals surface area contributed by atoms with E-state index in [9.17, 15) is 13.2 Å². The van der Waals surface area contributed by atoms with E-state index in [4.69, 9.17) is 0 Å². The molecule has 0 aliphatic heterocycles. The fourth-order valence-electron chi connectivity index (χ4n) is 1.89. The molecule has 19 heavy (non-hydrogen) atoms. The van der Waals surface area contributed by atoms with Gasteiger partial charge < -0.3 is 0 Å². The van der Waals surface area contributed by atoms with Gasteiger partial charge in [0.25, 0.3) is 0 Å². The van der Waals surface area contributed by atoms with Crippen LogP contribution in [0.5, 0.6) is 0 Å². The van der Waals surface area contributed by atoms with Gasteiger partial charge in [-0.1, -0.05) is 27.2 Å². The van der Waals surface area contributed by atoms with Crippen molar-refractivity contribution in [3.8, 4) is 0 Å². The molecule has 0 radical (unpaired) electrons. The molecule has 4 heteroatoms. The second-order valence-corrected chi connectivity index (χ2v) is 5.96. The number of nitrogens with zero attached hydrogens (tertiary/aromatic N) is 1. The monoisotopic (exact) mass is 273 g/mol. The average molecular weight is 273 g/mol. The molecule has 0 atom stereocenters. The normalized spacial score (nSPS) is 12.7. The fraction of sp³-hybridized carbons (Fsp3) is 0.667. The molecule has 0 spiro atoms. The van der Waals surface area contributed by atoms with Gasteiger partial charge in [-0.2, -0.15) is 13.2 Å². The highest BCUT2D eigenvalue weighted by molar-refractivity contribution is 5.23. The maximum atomic E-state index is 12.0. The Balaban J connectivity index is 2.38. The van der Waals surface area contributed by atoms with E-state index in [1.54, 1.807) is 6.20 Å². The molecule has 0 bridgehead atoms. The van der Waals surface area contributed by atoms with Crippen LogP contribution in [0.25, 0.3) is 0 Å². The van der Waals surface area contributed by atoms with Crippen molar-refractivity contribution >= 4 is 0 Å². The largest absolute Gasteiger partial charge is 0.389 e. The molecule has 0 fully saturated rings. The zero-order valence-corrected chi connectivity index (χ0v) is 11.8. The first-order valence-corrected chi connectivity index (χ1v) is 6.71. The molecule has 0 amide bonds. The van der Waals surface area contributed by atoms with Gasteiger partial charge in [-0.15, -0.1) is 0 Å². The van der Waals surface area contributed by atoms with Gasteiger partial charge in [0.2, 0.25) is 0 Å². The molecule has 1 heterocycles. The SMILES string of the molecule is CC(C)(C)c1ccnc(CCCCCC(F)(F)F)c1. The van der Waals surface area contributed by atoms with Crippen molar-refractivity contribution in [1.82, 2.24) is 4.98 Å². The number of aromatic nitrogens is 1. The van der Waals surface area contributed by atoms with Gasteiger partial charge in [-0.25, -0.2) is 0 Å². The number of halogens is 3. The molecule has 0 saturated carbocycles. The number of pyridine rings is 1. The van der Waals surface area contributed by atoms with Crippen LogP contribution in [0.4, 0.5) is 13.2 Å². The van der Waals surface area contributed by atoms with Crippen molar-refractivity contribution in [1.29, 1.82) is 0 Å². The Labute approximate surface area is 113 Å². The molecule has 0 N–H and O–H groups in total. The fourth-order valence-corrected chi connectivity index (χ4v) is 1.89. The molecule has 1 nitrogen and oxygen atoms in total. The lowest BCUT2D eigenvalue weighted by Gasteiger charge is -2.19. The van der Waals surface area contributed by atoms with Crippen LogP contribution in [0.3, 0.4) is 0 Å². The van der Waals surface area contributed by atoms with E-state index >= 15 is 0 Å². The van der Waals surface area contributed by atoms with Gasteiger partial charge in [0.05, 0.1) is 0 Å². The van der Waals surface area contributed by atoms with E-state index in [1.807, 2.05) is 6.07 Å². The van der Waals surface area contributed by atoms with Crippen molar-refractivity contribution in [3.05, 3.63) is 29.6 Å². The first-order chi connectivity index (χ1) is 8.68. The third-order valence-corrected chi connectivity index (χ3v) is 3.08. The number of hydrogen-bond donors (Lipinski definition) is 0. The molecule has 1 aromatic heterocycles. The molecule has 0 aliphatic rings. The number of aryl methyl sites for hydroxylation is 1. The van der Waals surface area contributed by atoms with Crippen LogP contribution in [-0.4, -0.2) is 11.2 Å². The zero-order valence-electron chi connectivity index (χ0n) is 11.8. The molecular formula is C15H22F3N. The maximum absolute atomic E-state index is 12.0. The van der Waals surface area contributed by atoms with Crippen LogP contribution in [0.15, 0.2) is 18.3 Å². The lowest BCUT2D eigenvalue weighted by Crippen LogP contribution is -2.11. The van der Waals surface area contributed by atoms with E-state index in [0.29, 0.717) is 6.42 Å². The van der Waals surface area contributed by atoms with Crippen molar-refractivity contribution in [2.45, 2.75) is 64.5 Å². The Hall–Kier alpha value is -1.06. The van der Waals surface area contributed by atoms with Crippen LogP contribution in [-0.2, 0) is 11.8 Å². The molecule has 108 valence electrons. The van der Waals surface area contributed by atoms with E-state index in [1.165, 1.54) is 5.56 Å². The van der Waals surface area contributed by atoms with Gasteiger partial charge in [0, 0.05) is 18.3 Å². The summed E-state index contributed by atoms with van der Waals surface area (Å²) in [4.78, 5) is 4.28. The summed E-state index contributed by atoms with van der Waals surface area (Å²) < 4.78 is 35.9. The number of hydrogen-bond acceptors (Lipinski definition) is 1. The van der Waals surface area contributed by atoms with Gasteiger partial charge in [0.15, 0.2) is 0 Å². The summed E-state index contributed by atoms with van der Waals surface area (Å²) in [5.74, 6) is 0.